The van der Waals surface area contributed by atoms with Crippen molar-refractivity contribution in [3.63, 3.8) is 0 Å². The Kier molecular flexibility index (Phi) is 4.19. The van der Waals surface area contributed by atoms with E-state index in [9.17, 15) is 0 Å². The zero-order valence-corrected chi connectivity index (χ0v) is 15.2. The van der Waals surface area contributed by atoms with Crippen LogP contribution in [0.4, 0.5) is 5.82 Å². The number of nitrogens with one attached hydrogen (secondary N) is 1. The summed E-state index contributed by atoms with van der Waals surface area (Å²) in [6, 6.07) is 14.3. The molecule has 0 aliphatic heterocycles. The molecule has 3 heterocycles. The van der Waals surface area contributed by atoms with E-state index in [1.807, 2.05) is 41.0 Å². The lowest BCUT2D eigenvalue weighted by Gasteiger charge is -2.12. The second kappa shape index (κ2) is 6.64. The molecule has 0 fully saturated rings. The number of hydrogen-bond acceptors (Lipinski definition) is 4. The van der Waals surface area contributed by atoms with Gasteiger partial charge in [-0.1, -0.05) is 30.3 Å². The number of benzene rings is 1. The molecule has 6 heteroatoms. The first-order chi connectivity index (χ1) is 12.2. The maximum Gasteiger partial charge on any atom is 0.172 e. The van der Waals surface area contributed by atoms with Gasteiger partial charge in [0.1, 0.15) is 5.82 Å². The molecule has 0 saturated carbocycles. The third kappa shape index (κ3) is 3.13. The van der Waals surface area contributed by atoms with E-state index < -0.39 is 0 Å². The molecule has 3 aromatic heterocycles. The van der Waals surface area contributed by atoms with Gasteiger partial charge in [-0.3, -0.25) is 4.98 Å². The molecule has 25 heavy (non-hydrogen) atoms. The van der Waals surface area contributed by atoms with Gasteiger partial charge in [0.25, 0.3) is 0 Å². The molecule has 1 N–H and O–H groups in total. The lowest BCUT2D eigenvalue weighted by Crippen LogP contribution is -2.07. The lowest BCUT2D eigenvalue weighted by molar-refractivity contribution is 0.925. The summed E-state index contributed by atoms with van der Waals surface area (Å²) in [6.45, 7) is 2.76. The van der Waals surface area contributed by atoms with Crippen LogP contribution in [-0.2, 0) is 6.54 Å². The minimum Gasteiger partial charge on any atom is -0.366 e. The Morgan fingerprint density at radius 2 is 2.00 bits per heavy atom. The van der Waals surface area contributed by atoms with Crippen molar-refractivity contribution in [2.24, 2.45) is 0 Å². The number of anilines is 1. The number of halogens is 1. The number of aryl methyl sites for hydroxylation is 1. The molecule has 0 saturated heterocycles. The van der Waals surface area contributed by atoms with Gasteiger partial charge in [0.15, 0.2) is 5.65 Å². The number of pyridine rings is 1. The molecule has 0 unspecified atom stereocenters. The maximum atomic E-state index is 4.78. The fourth-order valence-corrected chi connectivity index (χ4v) is 3.10. The normalized spacial score (nSPS) is 11.0. The number of nitrogens with zero attached hydrogens (tertiary/aromatic N) is 4. The van der Waals surface area contributed by atoms with Gasteiger partial charge in [-0.25, -0.2) is 4.98 Å². The number of fused-ring (bicyclic) bond motifs is 1. The van der Waals surface area contributed by atoms with Crippen LogP contribution in [0.15, 0.2) is 65.5 Å². The van der Waals surface area contributed by atoms with Gasteiger partial charge in [0, 0.05) is 30.6 Å². The first kappa shape index (κ1) is 15.8. The van der Waals surface area contributed by atoms with E-state index in [4.69, 9.17) is 4.98 Å². The van der Waals surface area contributed by atoms with Gasteiger partial charge in [0.2, 0.25) is 0 Å². The van der Waals surface area contributed by atoms with E-state index in [1.54, 1.807) is 12.4 Å². The van der Waals surface area contributed by atoms with Crippen LogP contribution >= 0.6 is 15.9 Å². The predicted molar refractivity (Wildman–Crippen MR) is 102 cm³/mol. The van der Waals surface area contributed by atoms with Gasteiger partial charge in [-0.2, -0.15) is 9.61 Å². The molecule has 5 nitrogen and oxygen atoms in total. The van der Waals surface area contributed by atoms with Crippen molar-refractivity contribution in [2.75, 3.05) is 5.32 Å². The van der Waals surface area contributed by atoms with Crippen molar-refractivity contribution in [1.82, 2.24) is 19.6 Å². The predicted octanol–water partition coefficient (Wildman–Crippen LogP) is 4.47. The van der Waals surface area contributed by atoms with Gasteiger partial charge in [-0.15, -0.1) is 0 Å². The van der Waals surface area contributed by atoms with Crippen molar-refractivity contribution in [3.05, 3.63) is 76.7 Å². The highest BCUT2D eigenvalue weighted by Crippen LogP contribution is 2.27. The number of hydrogen-bond donors (Lipinski definition) is 1. The van der Waals surface area contributed by atoms with E-state index in [0.717, 1.165) is 32.8 Å². The van der Waals surface area contributed by atoms with Crippen LogP contribution in [0.2, 0.25) is 0 Å². The van der Waals surface area contributed by atoms with Crippen LogP contribution in [0, 0.1) is 6.92 Å². The van der Waals surface area contributed by atoms with Crippen LogP contribution < -0.4 is 5.32 Å². The van der Waals surface area contributed by atoms with Crippen molar-refractivity contribution in [1.29, 1.82) is 0 Å². The highest BCUT2D eigenvalue weighted by atomic mass is 79.9. The van der Waals surface area contributed by atoms with Crippen LogP contribution in [0.25, 0.3) is 16.9 Å². The third-order valence-corrected chi connectivity index (χ3v) is 4.61. The van der Waals surface area contributed by atoms with Crippen LogP contribution in [0.1, 0.15) is 11.1 Å². The molecule has 4 aromatic rings. The van der Waals surface area contributed by atoms with E-state index in [1.165, 1.54) is 5.56 Å². The molecular formula is C19H16BrN5. The molecule has 0 aliphatic carbocycles. The average Bonchev–Trinajstić information content (AvgIpc) is 3.02. The van der Waals surface area contributed by atoms with Crippen molar-refractivity contribution < 1.29 is 0 Å². The summed E-state index contributed by atoms with van der Waals surface area (Å²) in [5.41, 5.74) is 5.11. The van der Waals surface area contributed by atoms with Crippen LogP contribution in [-0.4, -0.2) is 19.6 Å². The zero-order chi connectivity index (χ0) is 17.2. The lowest BCUT2D eigenvalue weighted by atomic mass is 10.1. The number of rotatable bonds is 4. The SMILES string of the molecule is Cc1ccccc1-c1cc(NCc2cccnc2)n2ncc(Br)c2n1. The molecule has 124 valence electrons. The Bertz CT molecular complexity index is 1030. The first-order valence-corrected chi connectivity index (χ1v) is 8.75. The summed E-state index contributed by atoms with van der Waals surface area (Å²) in [5.74, 6) is 0.887. The second-order valence-electron chi connectivity index (χ2n) is 5.78. The maximum absolute atomic E-state index is 4.78. The monoisotopic (exact) mass is 393 g/mol. The van der Waals surface area contributed by atoms with Crippen LogP contribution in [0.5, 0.6) is 0 Å². The quantitative estimate of drug-likeness (QED) is 0.555. The van der Waals surface area contributed by atoms with Gasteiger partial charge in [-0.05, 0) is 40.0 Å². The summed E-state index contributed by atoms with van der Waals surface area (Å²) >= 11 is 3.54. The Morgan fingerprint density at radius 3 is 2.80 bits per heavy atom. The Balaban J connectivity index is 1.78. The van der Waals surface area contributed by atoms with E-state index in [-0.39, 0.29) is 0 Å². The molecular weight excluding hydrogens is 378 g/mol. The van der Waals surface area contributed by atoms with Crippen molar-refractivity contribution >= 4 is 27.4 Å². The zero-order valence-electron chi connectivity index (χ0n) is 13.6. The summed E-state index contributed by atoms with van der Waals surface area (Å²) < 4.78 is 2.68. The topological polar surface area (TPSA) is 55.1 Å². The van der Waals surface area contributed by atoms with E-state index in [2.05, 4.69) is 50.4 Å². The Morgan fingerprint density at radius 1 is 1.12 bits per heavy atom. The summed E-state index contributed by atoms with van der Waals surface area (Å²) in [6.07, 6.45) is 5.39. The minimum atomic E-state index is 0.664. The fraction of sp³-hybridized carbons (Fsp3) is 0.105. The summed E-state index contributed by atoms with van der Waals surface area (Å²) in [7, 11) is 0. The highest BCUT2D eigenvalue weighted by molar-refractivity contribution is 9.10. The summed E-state index contributed by atoms with van der Waals surface area (Å²) in [5, 5.41) is 7.86. The largest absolute Gasteiger partial charge is 0.366 e. The number of aromatic nitrogens is 4. The average molecular weight is 394 g/mol. The Labute approximate surface area is 153 Å². The van der Waals surface area contributed by atoms with Crippen molar-refractivity contribution in [2.45, 2.75) is 13.5 Å². The van der Waals surface area contributed by atoms with Gasteiger partial charge >= 0.3 is 0 Å². The highest BCUT2D eigenvalue weighted by Gasteiger charge is 2.12. The van der Waals surface area contributed by atoms with E-state index in [0.29, 0.717) is 6.54 Å². The minimum absolute atomic E-state index is 0.664. The first-order valence-electron chi connectivity index (χ1n) is 7.95. The molecule has 0 amide bonds. The fourth-order valence-electron chi connectivity index (χ4n) is 2.76. The van der Waals surface area contributed by atoms with Crippen molar-refractivity contribution in [3.8, 4) is 11.3 Å². The molecule has 4 rings (SSSR count). The molecule has 0 bridgehead atoms. The Hall–Kier alpha value is -2.73. The smallest absolute Gasteiger partial charge is 0.172 e. The van der Waals surface area contributed by atoms with Gasteiger partial charge < -0.3 is 5.32 Å². The molecule has 0 radical (unpaired) electrons. The molecule has 0 spiro atoms. The van der Waals surface area contributed by atoms with Crippen LogP contribution in [0.3, 0.4) is 0 Å². The molecule has 0 aliphatic rings. The third-order valence-electron chi connectivity index (χ3n) is 4.05. The standard InChI is InChI=1S/C19H16BrN5/c1-13-5-2-3-7-15(13)17-9-18(22-11-14-6-4-8-21-10-14)25-19(24-17)16(20)12-23-25/h2-10,12,22H,11H2,1H3. The summed E-state index contributed by atoms with van der Waals surface area (Å²) in [4.78, 5) is 8.94. The second-order valence-corrected chi connectivity index (χ2v) is 6.64. The van der Waals surface area contributed by atoms with Gasteiger partial charge in [0.05, 0.1) is 16.4 Å². The van der Waals surface area contributed by atoms with E-state index >= 15 is 0 Å². The molecule has 1 aromatic carbocycles. The molecule has 0 atom stereocenters.